The molecule has 0 bridgehead atoms. The van der Waals surface area contributed by atoms with Crippen molar-refractivity contribution in [3.63, 3.8) is 0 Å². The largest absolute Gasteiger partial charge is 0.465 e. The van der Waals surface area contributed by atoms with Crippen LogP contribution in [0.3, 0.4) is 0 Å². The molecule has 72 heavy (non-hydrogen) atoms. The monoisotopic (exact) mass is 1010 g/mol. The standard InChI is InChI=1S/C66H126O6/c1-2-3-4-5-6-7-8-9-10-11-12-13-14-15-16-17-18-19-20-21-22-23-24-25-26-27-28-29-30-31-32-33-34-35-36-37-38-39-40-41-42-43-44-45-46-47-48-49-50-51-52-53-54-55-56-57-63-58-64(69)71-61-66(59-67,60-68)62-72-65(63)70/h40-41,63,67-68H,2-39,42-62H2,1H3/b41-40+. The van der Waals surface area contributed by atoms with E-state index in [-0.39, 0.29) is 19.6 Å². The average molecular weight is 1020 g/mol. The second-order valence-corrected chi connectivity index (χ2v) is 23.5. The van der Waals surface area contributed by atoms with Gasteiger partial charge in [0.2, 0.25) is 0 Å². The number of hydrogen-bond donors (Lipinski definition) is 2. The van der Waals surface area contributed by atoms with E-state index in [2.05, 4.69) is 19.1 Å². The van der Waals surface area contributed by atoms with E-state index in [4.69, 9.17) is 9.47 Å². The number of hydrogen-bond acceptors (Lipinski definition) is 6. The van der Waals surface area contributed by atoms with Crippen LogP contribution in [-0.4, -0.2) is 48.6 Å². The normalized spacial score (nSPS) is 15.2. The Balaban J connectivity index is 1.68. The summed E-state index contributed by atoms with van der Waals surface area (Å²) >= 11 is 0. The molecule has 1 unspecified atom stereocenters. The third-order valence-corrected chi connectivity index (χ3v) is 16.3. The highest BCUT2D eigenvalue weighted by molar-refractivity contribution is 5.80. The molecule has 1 rings (SSSR count). The summed E-state index contributed by atoms with van der Waals surface area (Å²) in [7, 11) is 0. The molecular weight excluding hydrogens is 889 g/mol. The molecule has 0 spiro atoms. The summed E-state index contributed by atoms with van der Waals surface area (Å²) in [5.41, 5.74) is -1.12. The van der Waals surface area contributed by atoms with Gasteiger partial charge in [0, 0.05) is 0 Å². The Kier molecular flexibility index (Phi) is 53.2. The fourth-order valence-electron chi connectivity index (χ4n) is 10.9. The number of rotatable bonds is 57. The Morgan fingerprint density at radius 1 is 0.361 bits per heavy atom. The Hall–Kier alpha value is -1.40. The van der Waals surface area contributed by atoms with Crippen LogP contribution in [0.4, 0.5) is 0 Å². The first-order valence-corrected chi connectivity index (χ1v) is 32.8. The minimum atomic E-state index is -1.12. The van der Waals surface area contributed by atoms with E-state index in [9.17, 15) is 19.8 Å². The van der Waals surface area contributed by atoms with Crippen LogP contribution in [0.5, 0.6) is 0 Å². The molecule has 1 aliphatic heterocycles. The van der Waals surface area contributed by atoms with Gasteiger partial charge in [0.15, 0.2) is 0 Å². The number of carbonyl (C=O) groups excluding carboxylic acids is 2. The molecule has 1 atom stereocenters. The third kappa shape index (κ3) is 47.1. The van der Waals surface area contributed by atoms with E-state index in [0.717, 1.165) is 19.3 Å². The molecule has 0 aromatic rings. The smallest absolute Gasteiger partial charge is 0.309 e. The molecular formula is C66H126O6. The molecule has 1 aliphatic rings. The van der Waals surface area contributed by atoms with Crippen LogP contribution in [0, 0.1) is 11.3 Å². The number of ether oxygens (including phenoxy) is 2. The van der Waals surface area contributed by atoms with E-state index in [1.807, 2.05) is 0 Å². The second kappa shape index (κ2) is 55.8. The van der Waals surface area contributed by atoms with Crippen molar-refractivity contribution < 1.29 is 29.3 Å². The second-order valence-electron chi connectivity index (χ2n) is 23.5. The number of cyclic esters (lactones) is 2. The topological polar surface area (TPSA) is 93.1 Å². The molecule has 0 aliphatic carbocycles. The lowest BCUT2D eigenvalue weighted by molar-refractivity contribution is -0.155. The SMILES string of the molecule is CCCCCCCCCCCCCCCCCCCCCCCCCCCCCCCCCCCCCCC/C=C/CCCCCCCCCCCCCCCCC1CC(=O)OCC(CO)(CO)COC1=O. The number of allylic oxidation sites excluding steroid dienone is 2. The summed E-state index contributed by atoms with van der Waals surface area (Å²) < 4.78 is 10.6. The highest BCUT2D eigenvalue weighted by Gasteiger charge is 2.36. The fourth-order valence-corrected chi connectivity index (χ4v) is 10.9. The molecule has 0 saturated carbocycles. The van der Waals surface area contributed by atoms with E-state index in [0.29, 0.717) is 6.42 Å². The van der Waals surface area contributed by atoms with Crippen molar-refractivity contribution in [1.29, 1.82) is 0 Å². The van der Waals surface area contributed by atoms with Gasteiger partial charge in [0.1, 0.15) is 13.2 Å². The van der Waals surface area contributed by atoms with E-state index < -0.39 is 36.5 Å². The van der Waals surface area contributed by atoms with E-state index in [1.165, 1.54) is 321 Å². The van der Waals surface area contributed by atoms with Gasteiger partial charge in [-0.15, -0.1) is 0 Å². The van der Waals surface area contributed by atoms with Gasteiger partial charge in [-0.25, -0.2) is 0 Å². The molecule has 6 nitrogen and oxygen atoms in total. The molecule has 0 amide bonds. The summed E-state index contributed by atoms with van der Waals surface area (Å²) in [6.45, 7) is 1.21. The van der Waals surface area contributed by atoms with Gasteiger partial charge in [0.25, 0.3) is 0 Å². The maximum absolute atomic E-state index is 12.5. The Bertz CT molecular complexity index is 1130. The molecule has 0 aromatic heterocycles. The maximum atomic E-state index is 12.5. The van der Waals surface area contributed by atoms with Gasteiger partial charge in [-0.3, -0.25) is 9.59 Å². The van der Waals surface area contributed by atoms with Gasteiger partial charge in [-0.05, 0) is 32.1 Å². The third-order valence-electron chi connectivity index (χ3n) is 16.3. The first-order valence-electron chi connectivity index (χ1n) is 32.8. The minimum absolute atomic E-state index is 0.00295. The molecule has 1 saturated heterocycles. The van der Waals surface area contributed by atoms with Crippen molar-refractivity contribution in [2.45, 2.75) is 360 Å². The van der Waals surface area contributed by atoms with Crippen LogP contribution >= 0.6 is 0 Å². The lowest BCUT2D eigenvalue weighted by Gasteiger charge is -2.27. The highest BCUT2D eigenvalue weighted by atomic mass is 16.6. The number of aliphatic hydroxyl groups excluding tert-OH is 2. The average Bonchev–Trinajstić information content (AvgIpc) is 3.45. The van der Waals surface area contributed by atoms with Crippen LogP contribution in [0.2, 0.25) is 0 Å². The highest BCUT2D eigenvalue weighted by Crippen LogP contribution is 2.25. The molecule has 426 valence electrons. The lowest BCUT2D eigenvalue weighted by atomic mass is 9.92. The van der Waals surface area contributed by atoms with E-state index in [1.54, 1.807) is 0 Å². The van der Waals surface area contributed by atoms with E-state index >= 15 is 0 Å². The first kappa shape index (κ1) is 68.6. The van der Waals surface area contributed by atoms with Gasteiger partial charge < -0.3 is 19.7 Å². The molecule has 2 N–H and O–H groups in total. The van der Waals surface area contributed by atoms with Crippen LogP contribution < -0.4 is 0 Å². The van der Waals surface area contributed by atoms with Gasteiger partial charge in [-0.2, -0.15) is 0 Å². The number of aliphatic hydroxyl groups is 2. The van der Waals surface area contributed by atoms with Crippen molar-refractivity contribution in [3.05, 3.63) is 12.2 Å². The molecule has 6 heteroatoms. The molecule has 1 heterocycles. The van der Waals surface area contributed by atoms with Gasteiger partial charge in [-0.1, -0.05) is 334 Å². The van der Waals surface area contributed by atoms with Crippen molar-refractivity contribution in [2.24, 2.45) is 11.3 Å². The van der Waals surface area contributed by atoms with Gasteiger partial charge >= 0.3 is 11.9 Å². The number of unbranched alkanes of at least 4 members (excludes halogenated alkanes) is 51. The summed E-state index contributed by atoms with van der Waals surface area (Å²) in [6, 6.07) is 0. The van der Waals surface area contributed by atoms with Crippen LogP contribution in [0.25, 0.3) is 0 Å². The fraction of sp³-hybridized carbons (Fsp3) is 0.939. The predicted molar refractivity (Wildman–Crippen MR) is 311 cm³/mol. The molecule has 0 radical (unpaired) electrons. The van der Waals surface area contributed by atoms with Crippen LogP contribution in [0.1, 0.15) is 360 Å². The summed E-state index contributed by atoms with van der Waals surface area (Å²) in [5, 5.41) is 19.2. The summed E-state index contributed by atoms with van der Waals surface area (Å²) in [5.74, 6) is -1.40. The van der Waals surface area contributed by atoms with Crippen molar-refractivity contribution in [2.75, 3.05) is 26.4 Å². The Labute approximate surface area is 449 Å². The number of esters is 2. The van der Waals surface area contributed by atoms with Crippen molar-refractivity contribution >= 4 is 11.9 Å². The first-order chi connectivity index (χ1) is 35.6. The zero-order valence-corrected chi connectivity index (χ0v) is 48.5. The quantitative estimate of drug-likeness (QED) is 0.0358. The predicted octanol–water partition coefficient (Wildman–Crippen LogP) is 20.7. The maximum Gasteiger partial charge on any atom is 0.309 e. The molecule has 0 aromatic carbocycles. The van der Waals surface area contributed by atoms with Crippen molar-refractivity contribution in [1.82, 2.24) is 0 Å². The Morgan fingerprint density at radius 2 is 0.597 bits per heavy atom. The lowest BCUT2D eigenvalue weighted by Crippen LogP contribution is -2.40. The van der Waals surface area contributed by atoms with Gasteiger partial charge in [0.05, 0.1) is 31.0 Å². The van der Waals surface area contributed by atoms with Crippen molar-refractivity contribution in [3.8, 4) is 0 Å². The minimum Gasteiger partial charge on any atom is -0.465 e. The Morgan fingerprint density at radius 3 is 0.861 bits per heavy atom. The zero-order valence-electron chi connectivity index (χ0n) is 48.5. The summed E-state index contributed by atoms with van der Waals surface area (Å²) in [6.07, 6.45) is 80.2. The molecule has 1 fully saturated rings. The van der Waals surface area contributed by atoms with Crippen LogP contribution in [0.15, 0.2) is 12.2 Å². The zero-order chi connectivity index (χ0) is 51.8. The summed E-state index contributed by atoms with van der Waals surface area (Å²) in [4.78, 5) is 24.7. The number of carbonyl (C=O) groups is 2. The van der Waals surface area contributed by atoms with Crippen LogP contribution in [-0.2, 0) is 19.1 Å².